The van der Waals surface area contributed by atoms with Crippen molar-refractivity contribution in [1.29, 1.82) is 0 Å². The number of benzene rings is 2. The zero-order valence-electron chi connectivity index (χ0n) is 20.5. The molecule has 0 aromatic heterocycles. The second kappa shape index (κ2) is 9.79. The fourth-order valence-electron chi connectivity index (χ4n) is 5.37. The molecule has 3 aliphatic rings. The van der Waals surface area contributed by atoms with Gasteiger partial charge in [-0.25, -0.2) is 0 Å². The van der Waals surface area contributed by atoms with Gasteiger partial charge in [-0.15, -0.1) is 10.2 Å². The summed E-state index contributed by atoms with van der Waals surface area (Å²) < 4.78 is 45.5. The maximum atomic E-state index is 13.2. The minimum atomic E-state index is -4.59. The molecule has 3 aliphatic heterocycles. The Morgan fingerprint density at radius 2 is 1.57 bits per heavy atom. The SMILES string of the molecule is CC(CC(=O)N1C[C@H]2CCN(C(=O)c3ccc(C4(C(F)(F)F)N=N4)cc3)CC[C@H]2C1)Oc1ccccc1. The van der Waals surface area contributed by atoms with Crippen LogP contribution in [0.25, 0.3) is 0 Å². The van der Waals surface area contributed by atoms with E-state index in [2.05, 4.69) is 10.2 Å². The van der Waals surface area contributed by atoms with Crippen LogP contribution in [0, 0.1) is 11.8 Å². The van der Waals surface area contributed by atoms with Crippen LogP contribution in [0.15, 0.2) is 64.8 Å². The molecule has 37 heavy (non-hydrogen) atoms. The van der Waals surface area contributed by atoms with Gasteiger partial charge in [0.15, 0.2) is 0 Å². The lowest BCUT2D eigenvalue weighted by molar-refractivity contribution is -0.166. The van der Waals surface area contributed by atoms with Crippen LogP contribution in [0.1, 0.15) is 42.1 Å². The highest BCUT2D eigenvalue weighted by atomic mass is 19.4. The first kappa shape index (κ1) is 25.2. The Morgan fingerprint density at radius 3 is 2.11 bits per heavy atom. The van der Waals surface area contributed by atoms with Gasteiger partial charge in [0.05, 0.1) is 6.42 Å². The lowest BCUT2D eigenvalue weighted by atomic mass is 9.92. The Morgan fingerprint density at radius 1 is 0.973 bits per heavy atom. The standard InChI is InChI=1S/C27H29F3N4O3/c1-18(37-23-5-3-2-4-6-23)15-24(35)34-16-20-11-13-33(14-12-21(20)17-34)25(36)19-7-9-22(10-8-19)26(31-32-26)27(28,29)30/h2-10,18,20-21H,11-17H2,1H3/t18?,20-,21+. The number of rotatable bonds is 6. The molecule has 2 aromatic carbocycles. The number of amides is 2. The molecule has 1 unspecified atom stereocenters. The van der Waals surface area contributed by atoms with Crippen molar-refractivity contribution in [2.75, 3.05) is 26.2 Å². The number of likely N-dealkylation sites (tertiary alicyclic amines) is 2. The van der Waals surface area contributed by atoms with Crippen LogP contribution in [0.4, 0.5) is 13.2 Å². The molecule has 0 spiro atoms. The third kappa shape index (κ3) is 5.19. The molecule has 10 heteroatoms. The van der Waals surface area contributed by atoms with Crippen molar-refractivity contribution in [3.05, 3.63) is 65.7 Å². The van der Waals surface area contributed by atoms with Crippen LogP contribution in [0.2, 0.25) is 0 Å². The Hall–Kier alpha value is -3.43. The van der Waals surface area contributed by atoms with Gasteiger partial charge in [0.2, 0.25) is 5.91 Å². The molecule has 2 saturated heterocycles. The first-order valence-electron chi connectivity index (χ1n) is 12.6. The number of halogens is 3. The Labute approximate surface area is 213 Å². The molecular weight excluding hydrogens is 485 g/mol. The van der Waals surface area contributed by atoms with E-state index in [0.717, 1.165) is 18.6 Å². The molecule has 7 nitrogen and oxygen atoms in total. The van der Waals surface area contributed by atoms with Crippen LogP contribution in [0.5, 0.6) is 5.75 Å². The van der Waals surface area contributed by atoms with Crippen molar-refractivity contribution in [2.24, 2.45) is 22.1 Å². The molecular formula is C27H29F3N4O3. The highest BCUT2D eigenvalue weighted by Gasteiger charge is 2.65. The van der Waals surface area contributed by atoms with E-state index in [4.69, 9.17) is 4.74 Å². The van der Waals surface area contributed by atoms with Gasteiger partial charge in [0, 0.05) is 37.3 Å². The van der Waals surface area contributed by atoms with Gasteiger partial charge in [-0.2, -0.15) is 13.2 Å². The predicted molar refractivity (Wildman–Crippen MR) is 129 cm³/mol. The summed E-state index contributed by atoms with van der Waals surface area (Å²) in [5, 5.41) is 6.41. The molecule has 0 radical (unpaired) electrons. The van der Waals surface area contributed by atoms with E-state index in [1.807, 2.05) is 42.2 Å². The van der Waals surface area contributed by atoms with Gasteiger partial charge in [-0.3, -0.25) is 9.59 Å². The van der Waals surface area contributed by atoms with Crippen molar-refractivity contribution in [3.63, 3.8) is 0 Å². The van der Waals surface area contributed by atoms with Crippen molar-refractivity contribution in [1.82, 2.24) is 9.80 Å². The van der Waals surface area contributed by atoms with Gasteiger partial charge < -0.3 is 14.5 Å². The molecule has 3 atom stereocenters. The number of nitrogens with zero attached hydrogens (tertiary/aromatic N) is 4. The first-order valence-corrected chi connectivity index (χ1v) is 12.6. The molecule has 2 aromatic rings. The number of ether oxygens (including phenoxy) is 1. The van der Waals surface area contributed by atoms with E-state index < -0.39 is 11.8 Å². The molecule has 196 valence electrons. The lowest BCUT2D eigenvalue weighted by Crippen LogP contribution is -2.35. The van der Waals surface area contributed by atoms with Crippen LogP contribution in [-0.4, -0.2) is 60.1 Å². The molecule has 0 aliphatic carbocycles. The van der Waals surface area contributed by atoms with Gasteiger partial charge in [0.25, 0.3) is 5.91 Å². The third-order valence-electron chi connectivity index (χ3n) is 7.53. The van der Waals surface area contributed by atoms with E-state index in [0.29, 0.717) is 50.0 Å². The second-order valence-electron chi connectivity index (χ2n) is 10.1. The van der Waals surface area contributed by atoms with E-state index in [9.17, 15) is 22.8 Å². The maximum Gasteiger partial charge on any atom is 0.442 e. The fourth-order valence-corrected chi connectivity index (χ4v) is 5.37. The van der Waals surface area contributed by atoms with Crippen molar-refractivity contribution < 1.29 is 27.5 Å². The number of hydrogen-bond donors (Lipinski definition) is 0. The van der Waals surface area contributed by atoms with Gasteiger partial charge in [-0.05, 0) is 55.9 Å². The molecule has 0 N–H and O–H groups in total. The molecule has 5 rings (SSSR count). The quantitative estimate of drug-likeness (QED) is 0.542. The van der Waals surface area contributed by atoms with Crippen LogP contribution in [0.3, 0.4) is 0 Å². The van der Waals surface area contributed by atoms with Crippen molar-refractivity contribution in [2.45, 2.75) is 44.1 Å². The average molecular weight is 515 g/mol. The normalized spacial score (nSPS) is 23.2. The molecule has 3 heterocycles. The van der Waals surface area contributed by atoms with E-state index in [1.54, 1.807) is 4.90 Å². The van der Waals surface area contributed by atoms with Gasteiger partial charge in [-0.1, -0.05) is 30.3 Å². The largest absolute Gasteiger partial charge is 0.490 e. The second-order valence-corrected chi connectivity index (χ2v) is 10.1. The van der Waals surface area contributed by atoms with Gasteiger partial charge >= 0.3 is 11.8 Å². The summed E-state index contributed by atoms with van der Waals surface area (Å²) in [7, 11) is 0. The van der Waals surface area contributed by atoms with Crippen LogP contribution < -0.4 is 4.74 Å². The highest BCUT2D eigenvalue weighted by Crippen LogP contribution is 2.52. The zero-order valence-corrected chi connectivity index (χ0v) is 20.5. The minimum absolute atomic E-state index is 0.0790. The Bertz CT molecular complexity index is 1150. The number of alkyl halides is 3. The summed E-state index contributed by atoms with van der Waals surface area (Å²) >= 11 is 0. The van der Waals surface area contributed by atoms with Crippen LogP contribution in [-0.2, 0) is 10.5 Å². The van der Waals surface area contributed by atoms with E-state index in [-0.39, 0.29) is 23.5 Å². The summed E-state index contributed by atoms with van der Waals surface area (Å²) in [5.74, 6) is 1.26. The average Bonchev–Trinajstić information content (AvgIpc) is 3.64. The topological polar surface area (TPSA) is 74.6 Å². The number of fused-ring (bicyclic) bond motifs is 1. The van der Waals surface area contributed by atoms with E-state index in [1.165, 1.54) is 24.3 Å². The number of carbonyl (C=O) groups is 2. The smallest absolute Gasteiger partial charge is 0.442 e. The summed E-state index contributed by atoms with van der Waals surface area (Å²) in [6.07, 6.45) is -2.95. The van der Waals surface area contributed by atoms with E-state index >= 15 is 0 Å². The number of hydrogen-bond acceptors (Lipinski definition) is 5. The number of carbonyl (C=O) groups excluding carboxylic acids is 2. The Kier molecular flexibility index (Phi) is 6.68. The molecule has 0 bridgehead atoms. The van der Waals surface area contributed by atoms with Crippen molar-refractivity contribution >= 4 is 11.8 Å². The Balaban J connectivity index is 1.13. The zero-order chi connectivity index (χ0) is 26.2. The molecule has 2 amide bonds. The summed E-state index contributed by atoms with van der Waals surface area (Å²) in [6.45, 7) is 4.34. The maximum absolute atomic E-state index is 13.2. The molecule has 0 saturated carbocycles. The third-order valence-corrected chi connectivity index (χ3v) is 7.53. The fraction of sp³-hybridized carbons (Fsp3) is 0.481. The molecule has 2 fully saturated rings. The highest BCUT2D eigenvalue weighted by molar-refractivity contribution is 5.94. The minimum Gasteiger partial charge on any atom is -0.490 e. The first-order chi connectivity index (χ1) is 17.7. The summed E-state index contributed by atoms with van der Waals surface area (Å²) in [5.41, 5.74) is -2.23. The van der Waals surface area contributed by atoms with Crippen LogP contribution >= 0.6 is 0 Å². The number of para-hydroxylation sites is 1. The monoisotopic (exact) mass is 514 g/mol. The summed E-state index contributed by atoms with van der Waals surface area (Å²) in [6, 6.07) is 14.8. The summed E-state index contributed by atoms with van der Waals surface area (Å²) in [4.78, 5) is 29.6. The predicted octanol–water partition coefficient (Wildman–Crippen LogP) is 5.04. The lowest BCUT2D eigenvalue weighted by Gasteiger charge is -2.23. The van der Waals surface area contributed by atoms with Crippen molar-refractivity contribution in [3.8, 4) is 5.75 Å². The van der Waals surface area contributed by atoms with Gasteiger partial charge in [0.1, 0.15) is 11.9 Å².